The van der Waals surface area contributed by atoms with Gasteiger partial charge in [0, 0.05) is 57.0 Å². The van der Waals surface area contributed by atoms with Gasteiger partial charge in [0.1, 0.15) is 5.52 Å². The molecule has 5 rings (SSSR count). The van der Waals surface area contributed by atoms with Crippen LogP contribution in [0.2, 0.25) is 0 Å². The van der Waals surface area contributed by atoms with Crippen molar-refractivity contribution >= 4 is 23.0 Å². The monoisotopic (exact) mass is 351 g/mol. The molecule has 2 aliphatic heterocycles. The molecular weight excluding hydrogens is 330 g/mol. The standard InChI is InChI=1S/C19H21N5O2/c25-18(14-6-8-24-15(13-14)5-7-20-24)22-9-11-23(12-10-22)19-21-16-3-1-2-4-17(16)26-19/h1-5,7,14H,6,8-13H2. The number of hydrogen-bond acceptors (Lipinski definition) is 5. The van der Waals surface area contributed by atoms with Crippen LogP contribution in [0.1, 0.15) is 12.1 Å². The van der Waals surface area contributed by atoms with Gasteiger partial charge in [-0.2, -0.15) is 10.1 Å². The van der Waals surface area contributed by atoms with Gasteiger partial charge in [0.2, 0.25) is 5.91 Å². The van der Waals surface area contributed by atoms with E-state index < -0.39 is 0 Å². The molecule has 0 spiro atoms. The summed E-state index contributed by atoms with van der Waals surface area (Å²) in [5.74, 6) is 0.352. The number of benzene rings is 1. The third-order valence-electron chi connectivity index (χ3n) is 5.44. The predicted molar refractivity (Wildman–Crippen MR) is 96.8 cm³/mol. The van der Waals surface area contributed by atoms with Crippen molar-refractivity contribution in [2.45, 2.75) is 19.4 Å². The maximum atomic E-state index is 12.9. The molecular formula is C19H21N5O2. The number of rotatable bonds is 2. The van der Waals surface area contributed by atoms with Crippen molar-refractivity contribution in [1.29, 1.82) is 0 Å². The van der Waals surface area contributed by atoms with E-state index in [9.17, 15) is 4.79 Å². The van der Waals surface area contributed by atoms with Crippen molar-refractivity contribution in [2.24, 2.45) is 5.92 Å². The van der Waals surface area contributed by atoms with Crippen molar-refractivity contribution in [2.75, 3.05) is 31.1 Å². The number of aromatic nitrogens is 3. The quantitative estimate of drug-likeness (QED) is 0.706. The number of carbonyl (C=O) groups excluding carboxylic acids is 1. The number of carbonyl (C=O) groups is 1. The Labute approximate surface area is 151 Å². The first kappa shape index (κ1) is 15.4. The number of hydrogen-bond donors (Lipinski definition) is 0. The molecule has 26 heavy (non-hydrogen) atoms. The SMILES string of the molecule is O=C(C1CCn2nccc2C1)N1CCN(c2nc3ccccc3o2)CC1. The van der Waals surface area contributed by atoms with Crippen molar-refractivity contribution in [3.63, 3.8) is 0 Å². The van der Waals surface area contributed by atoms with Crippen molar-refractivity contribution in [3.05, 3.63) is 42.2 Å². The smallest absolute Gasteiger partial charge is 0.298 e. The lowest BCUT2D eigenvalue weighted by molar-refractivity contribution is -0.136. The summed E-state index contributed by atoms with van der Waals surface area (Å²) in [7, 11) is 0. The zero-order chi connectivity index (χ0) is 17.5. The van der Waals surface area contributed by atoms with E-state index in [1.54, 1.807) is 0 Å². The third-order valence-corrected chi connectivity index (χ3v) is 5.44. The summed E-state index contributed by atoms with van der Waals surface area (Å²) in [6.45, 7) is 3.77. The van der Waals surface area contributed by atoms with Gasteiger partial charge < -0.3 is 14.2 Å². The summed E-state index contributed by atoms with van der Waals surface area (Å²) in [6, 6.07) is 10.5. The fourth-order valence-electron chi connectivity index (χ4n) is 3.95. The number of fused-ring (bicyclic) bond motifs is 2. The van der Waals surface area contributed by atoms with Crippen molar-refractivity contribution in [1.82, 2.24) is 19.7 Å². The summed E-state index contributed by atoms with van der Waals surface area (Å²) in [4.78, 5) is 21.6. The average molecular weight is 351 g/mol. The van der Waals surface area contributed by atoms with Gasteiger partial charge in [0.15, 0.2) is 5.58 Å². The van der Waals surface area contributed by atoms with Gasteiger partial charge >= 0.3 is 0 Å². The molecule has 2 aliphatic rings. The Morgan fingerprint density at radius 3 is 2.77 bits per heavy atom. The minimum atomic E-state index is 0.0788. The van der Waals surface area contributed by atoms with Crippen LogP contribution in [0.3, 0.4) is 0 Å². The van der Waals surface area contributed by atoms with Crippen LogP contribution in [0, 0.1) is 5.92 Å². The first-order chi connectivity index (χ1) is 12.8. The van der Waals surface area contributed by atoms with Gasteiger partial charge in [0.05, 0.1) is 0 Å². The highest BCUT2D eigenvalue weighted by atomic mass is 16.4. The van der Waals surface area contributed by atoms with Crippen molar-refractivity contribution < 1.29 is 9.21 Å². The molecule has 1 fully saturated rings. The van der Waals surface area contributed by atoms with Crippen LogP contribution in [0.25, 0.3) is 11.1 Å². The molecule has 2 aromatic heterocycles. The molecule has 1 aromatic carbocycles. The fourth-order valence-corrected chi connectivity index (χ4v) is 3.95. The maximum Gasteiger partial charge on any atom is 0.298 e. The van der Waals surface area contributed by atoms with Crippen LogP contribution in [-0.4, -0.2) is 51.8 Å². The minimum absolute atomic E-state index is 0.0788. The molecule has 7 heteroatoms. The van der Waals surface area contributed by atoms with Gasteiger partial charge in [-0.05, 0) is 24.6 Å². The Hall–Kier alpha value is -2.83. The van der Waals surface area contributed by atoms with Crippen LogP contribution >= 0.6 is 0 Å². The summed E-state index contributed by atoms with van der Waals surface area (Å²) in [5.41, 5.74) is 2.85. The van der Waals surface area contributed by atoms with E-state index in [1.807, 2.05) is 46.1 Å². The Morgan fingerprint density at radius 1 is 1.08 bits per heavy atom. The summed E-state index contributed by atoms with van der Waals surface area (Å²) < 4.78 is 7.86. The van der Waals surface area contributed by atoms with E-state index in [4.69, 9.17) is 4.42 Å². The van der Waals surface area contributed by atoms with Crippen LogP contribution in [-0.2, 0) is 17.8 Å². The Morgan fingerprint density at radius 2 is 1.92 bits per heavy atom. The minimum Gasteiger partial charge on any atom is -0.423 e. The molecule has 0 bridgehead atoms. The van der Waals surface area contributed by atoms with E-state index in [0.717, 1.165) is 43.6 Å². The number of anilines is 1. The second-order valence-electron chi connectivity index (χ2n) is 7.01. The van der Waals surface area contributed by atoms with Gasteiger partial charge in [0.25, 0.3) is 6.01 Å². The van der Waals surface area contributed by atoms with Gasteiger partial charge in [-0.1, -0.05) is 12.1 Å². The van der Waals surface area contributed by atoms with Gasteiger partial charge in [-0.25, -0.2) is 0 Å². The zero-order valence-electron chi connectivity index (χ0n) is 14.5. The lowest BCUT2D eigenvalue weighted by atomic mass is 9.94. The fraction of sp³-hybridized carbons (Fsp3) is 0.421. The topological polar surface area (TPSA) is 67.4 Å². The van der Waals surface area contributed by atoms with E-state index in [0.29, 0.717) is 19.1 Å². The number of oxazole rings is 1. The second-order valence-corrected chi connectivity index (χ2v) is 7.01. The number of piperazine rings is 1. The molecule has 1 saturated heterocycles. The van der Waals surface area contributed by atoms with Crippen LogP contribution in [0.15, 0.2) is 40.9 Å². The molecule has 0 aliphatic carbocycles. The average Bonchev–Trinajstić information content (AvgIpc) is 3.33. The normalized spacial score (nSPS) is 20.4. The lowest BCUT2D eigenvalue weighted by Crippen LogP contribution is -2.51. The summed E-state index contributed by atoms with van der Waals surface area (Å²) in [6.07, 6.45) is 3.49. The first-order valence-electron chi connectivity index (χ1n) is 9.18. The molecule has 134 valence electrons. The Balaban J connectivity index is 1.23. The van der Waals surface area contributed by atoms with Crippen molar-refractivity contribution in [3.8, 4) is 0 Å². The summed E-state index contributed by atoms with van der Waals surface area (Å²) in [5, 5.41) is 4.29. The molecule has 3 aromatic rings. The molecule has 1 amide bonds. The molecule has 0 N–H and O–H groups in total. The maximum absolute atomic E-state index is 12.9. The van der Waals surface area contributed by atoms with Gasteiger partial charge in [-0.3, -0.25) is 9.48 Å². The largest absolute Gasteiger partial charge is 0.423 e. The van der Waals surface area contributed by atoms with E-state index in [1.165, 1.54) is 5.69 Å². The molecule has 0 radical (unpaired) electrons. The van der Waals surface area contributed by atoms with Crippen LogP contribution in [0.5, 0.6) is 0 Å². The van der Waals surface area contributed by atoms with Crippen LogP contribution in [0.4, 0.5) is 6.01 Å². The zero-order valence-corrected chi connectivity index (χ0v) is 14.5. The van der Waals surface area contributed by atoms with E-state index >= 15 is 0 Å². The number of aryl methyl sites for hydroxylation is 1. The molecule has 0 saturated carbocycles. The van der Waals surface area contributed by atoms with E-state index in [2.05, 4.69) is 15.0 Å². The molecule has 1 atom stereocenters. The number of nitrogens with zero attached hydrogens (tertiary/aromatic N) is 5. The highest BCUT2D eigenvalue weighted by molar-refractivity contribution is 5.79. The van der Waals surface area contributed by atoms with E-state index in [-0.39, 0.29) is 11.8 Å². The second kappa shape index (κ2) is 6.16. The Kier molecular flexibility index (Phi) is 3.65. The number of para-hydroxylation sites is 2. The first-order valence-corrected chi connectivity index (χ1v) is 9.18. The molecule has 7 nitrogen and oxygen atoms in total. The van der Waals surface area contributed by atoms with Crippen LogP contribution < -0.4 is 4.90 Å². The summed E-state index contributed by atoms with van der Waals surface area (Å²) >= 11 is 0. The third kappa shape index (κ3) is 2.64. The predicted octanol–water partition coefficient (Wildman–Crippen LogP) is 1.94. The molecule has 4 heterocycles. The molecule has 1 unspecified atom stereocenters. The van der Waals surface area contributed by atoms with Gasteiger partial charge in [-0.15, -0.1) is 0 Å². The lowest BCUT2D eigenvalue weighted by Gasteiger charge is -2.36. The highest BCUT2D eigenvalue weighted by Crippen LogP contribution is 2.25. The Bertz CT molecular complexity index is 905. The highest BCUT2D eigenvalue weighted by Gasteiger charge is 2.31. The number of amides is 1.